The maximum atomic E-state index is 14.0. The molecule has 1 N–H and O–H groups in total. The molecule has 8 heteroatoms. The first-order chi connectivity index (χ1) is 17.5. The van der Waals surface area contributed by atoms with Gasteiger partial charge in [-0.2, -0.15) is 0 Å². The number of amides is 3. The third kappa shape index (κ3) is 3.06. The molecule has 0 radical (unpaired) electrons. The number of benzene rings is 3. The van der Waals surface area contributed by atoms with E-state index in [2.05, 4.69) is 21.2 Å². The number of rotatable bonds is 3. The molecule has 37 heavy (non-hydrogen) atoms. The molecule has 1 aliphatic heterocycles. The summed E-state index contributed by atoms with van der Waals surface area (Å²) < 4.78 is 0.960. The molecule has 188 valence electrons. The maximum Gasteiger partial charge on any atom is 0.247 e. The van der Waals surface area contributed by atoms with Crippen LogP contribution < -0.4 is 5.32 Å². The number of carbonyl (C=O) groups excluding carboxylic acids is 3. The Morgan fingerprint density at radius 1 is 0.865 bits per heavy atom. The van der Waals surface area contributed by atoms with Crippen molar-refractivity contribution >= 4 is 62.5 Å². The highest BCUT2D eigenvalue weighted by Gasteiger charge is 2.73. The SMILES string of the molecule is Cc1cc(NC(=O)[C@H](C)N2C(=O)[C@@H]3[C@@H](C2=O)C2(Cl)c4ccccc4C3(Cl)c3ccccc32)cc(C)c1Br. The van der Waals surface area contributed by atoms with Gasteiger partial charge in [-0.1, -0.05) is 64.5 Å². The van der Waals surface area contributed by atoms with Gasteiger partial charge in [0.25, 0.3) is 0 Å². The number of anilines is 1. The fraction of sp³-hybridized carbons (Fsp3) is 0.276. The van der Waals surface area contributed by atoms with Gasteiger partial charge in [-0.25, -0.2) is 0 Å². The Morgan fingerprint density at radius 2 is 1.24 bits per heavy atom. The lowest BCUT2D eigenvalue weighted by Gasteiger charge is -2.54. The van der Waals surface area contributed by atoms with E-state index in [1.54, 1.807) is 6.92 Å². The zero-order valence-electron chi connectivity index (χ0n) is 20.3. The third-order valence-corrected chi connectivity index (χ3v) is 10.6. The second-order valence-electron chi connectivity index (χ2n) is 10.1. The van der Waals surface area contributed by atoms with Crippen molar-refractivity contribution in [1.82, 2.24) is 4.90 Å². The minimum absolute atomic E-state index is 0.462. The van der Waals surface area contributed by atoms with Crippen LogP contribution in [0.3, 0.4) is 0 Å². The van der Waals surface area contributed by atoms with Crippen LogP contribution in [0.4, 0.5) is 5.69 Å². The summed E-state index contributed by atoms with van der Waals surface area (Å²) in [6.45, 7) is 5.42. The van der Waals surface area contributed by atoms with Crippen LogP contribution in [-0.4, -0.2) is 28.7 Å². The highest BCUT2D eigenvalue weighted by atomic mass is 79.9. The predicted molar refractivity (Wildman–Crippen MR) is 147 cm³/mol. The van der Waals surface area contributed by atoms with Crippen LogP contribution in [0, 0.1) is 25.7 Å². The Morgan fingerprint density at radius 3 is 1.62 bits per heavy atom. The van der Waals surface area contributed by atoms with Crippen molar-refractivity contribution in [3.05, 3.63) is 98.5 Å². The molecule has 1 saturated heterocycles. The summed E-state index contributed by atoms with van der Waals surface area (Å²) in [6, 6.07) is 17.6. The van der Waals surface area contributed by atoms with Gasteiger partial charge in [0, 0.05) is 10.2 Å². The molecule has 3 amide bonds. The number of imide groups is 1. The van der Waals surface area contributed by atoms with E-state index in [1.807, 2.05) is 74.5 Å². The van der Waals surface area contributed by atoms with Crippen LogP contribution >= 0.6 is 39.1 Å². The lowest BCUT2D eigenvalue weighted by Crippen LogP contribution is -2.57. The summed E-state index contributed by atoms with van der Waals surface area (Å²) in [6.07, 6.45) is 0. The van der Waals surface area contributed by atoms with Gasteiger partial charge in [0.05, 0.1) is 11.8 Å². The van der Waals surface area contributed by atoms with Crippen molar-refractivity contribution in [1.29, 1.82) is 0 Å². The monoisotopic (exact) mass is 596 g/mol. The Bertz CT molecular complexity index is 1390. The van der Waals surface area contributed by atoms with Gasteiger partial charge >= 0.3 is 0 Å². The molecule has 3 aromatic carbocycles. The topological polar surface area (TPSA) is 66.5 Å². The Kier molecular flexibility index (Phi) is 5.44. The van der Waals surface area contributed by atoms with Gasteiger partial charge in [-0.05, 0) is 66.3 Å². The molecule has 7 rings (SSSR count). The number of halogens is 3. The summed E-state index contributed by atoms with van der Waals surface area (Å²) in [5, 5.41) is 2.87. The third-order valence-electron chi connectivity index (χ3n) is 8.09. The van der Waals surface area contributed by atoms with Gasteiger partial charge in [0.1, 0.15) is 15.8 Å². The van der Waals surface area contributed by atoms with E-state index < -0.39 is 45.3 Å². The summed E-state index contributed by atoms with van der Waals surface area (Å²) >= 11 is 18.4. The largest absolute Gasteiger partial charge is 0.324 e. The van der Waals surface area contributed by atoms with Gasteiger partial charge < -0.3 is 5.32 Å². The normalized spacial score (nSPS) is 28.0. The van der Waals surface area contributed by atoms with Gasteiger partial charge in [0.2, 0.25) is 17.7 Å². The van der Waals surface area contributed by atoms with E-state index in [1.165, 1.54) is 0 Å². The van der Waals surface area contributed by atoms with Crippen LogP contribution in [0.2, 0.25) is 0 Å². The van der Waals surface area contributed by atoms with Gasteiger partial charge in [0.15, 0.2) is 0 Å². The first-order valence-corrected chi connectivity index (χ1v) is 13.6. The van der Waals surface area contributed by atoms with Crippen LogP contribution in [-0.2, 0) is 24.1 Å². The van der Waals surface area contributed by atoms with Crippen molar-refractivity contribution in [2.75, 3.05) is 5.32 Å². The molecule has 0 saturated carbocycles. The summed E-state index contributed by atoms with van der Waals surface area (Å²) in [5.41, 5.74) is 5.43. The number of nitrogens with zero attached hydrogens (tertiary/aromatic N) is 1. The van der Waals surface area contributed by atoms with E-state index in [4.69, 9.17) is 23.2 Å². The minimum atomic E-state index is -1.27. The first kappa shape index (κ1) is 24.7. The van der Waals surface area contributed by atoms with Crippen molar-refractivity contribution in [2.24, 2.45) is 11.8 Å². The molecular weight excluding hydrogens is 575 g/mol. The summed E-state index contributed by atoms with van der Waals surface area (Å²) in [7, 11) is 0. The van der Waals surface area contributed by atoms with Crippen molar-refractivity contribution < 1.29 is 14.4 Å². The number of carbonyl (C=O) groups is 3. The maximum absolute atomic E-state index is 14.0. The summed E-state index contributed by atoms with van der Waals surface area (Å²) in [4.78, 5) is 39.9. The molecule has 0 unspecified atom stereocenters. The molecule has 0 spiro atoms. The standard InChI is InChI=1S/C29H23BrCl2N2O3/c1-14-12-17(13-15(2)24(14)30)33-25(35)16(3)34-26(36)22-23(27(34)37)29(32)19-9-5-4-8-18(19)28(22,31)20-10-6-7-11-21(20)29/h4-13,16,22-23H,1-3H3,(H,33,35)/t16-,22-,23-,28?,29?/m0/s1. The van der Waals surface area contributed by atoms with E-state index in [0.29, 0.717) is 5.69 Å². The Labute approximate surface area is 233 Å². The average molecular weight is 598 g/mol. The van der Waals surface area contributed by atoms with Crippen LogP contribution in [0.1, 0.15) is 40.3 Å². The molecule has 5 nitrogen and oxygen atoms in total. The number of likely N-dealkylation sites (tertiary alicyclic amines) is 1. The molecule has 4 aliphatic rings. The zero-order chi connectivity index (χ0) is 26.4. The number of hydrogen-bond acceptors (Lipinski definition) is 3. The second-order valence-corrected chi connectivity index (χ2v) is 12.1. The van der Waals surface area contributed by atoms with Crippen molar-refractivity contribution in [2.45, 2.75) is 36.6 Å². The number of alkyl halides is 2. The van der Waals surface area contributed by atoms with Gasteiger partial charge in [-0.15, -0.1) is 23.2 Å². The average Bonchev–Trinajstić information content (AvgIpc) is 3.16. The number of nitrogens with one attached hydrogen (secondary N) is 1. The predicted octanol–water partition coefficient (Wildman–Crippen LogP) is 5.99. The Balaban J connectivity index is 1.43. The molecule has 3 aromatic rings. The second kappa shape index (κ2) is 8.16. The van der Waals surface area contributed by atoms with E-state index in [9.17, 15) is 14.4 Å². The van der Waals surface area contributed by atoms with Crippen LogP contribution in [0.15, 0.2) is 65.1 Å². The highest BCUT2D eigenvalue weighted by molar-refractivity contribution is 9.10. The number of hydrogen-bond donors (Lipinski definition) is 1. The first-order valence-electron chi connectivity index (χ1n) is 12.0. The molecule has 1 fully saturated rings. The number of aryl methyl sites for hydroxylation is 2. The Hall–Kier alpha value is -2.67. The highest BCUT2D eigenvalue weighted by Crippen LogP contribution is 2.69. The zero-order valence-corrected chi connectivity index (χ0v) is 23.4. The lowest BCUT2D eigenvalue weighted by molar-refractivity contribution is -0.146. The molecule has 0 aromatic heterocycles. The van der Waals surface area contributed by atoms with Crippen LogP contribution in [0.25, 0.3) is 0 Å². The molecule has 1 heterocycles. The minimum Gasteiger partial charge on any atom is -0.324 e. The molecule has 3 aliphatic carbocycles. The molecular formula is C29H23BrCl2N2O3. The van der Waals surface area contributed by atoms with E-state index >= 15 is 0 Å². The van der Waals surface area contributed by atoms with E-state index in [0.717, 1.165) is 42.8 Å². The summed E-state index contributed by atoms with van der Waals surface area (Å²) in [5.74, 6) is -3.29. The van der Waals surface area contributed by atoms with E-state index in [-0.39, 0.29) is 0 Å². The van der Waals surface area contributed by atoms with Crippen molar-refractivity contribution in [3.63, 3.8) is 0 Å². The molecule has 3 atom stereocenters. The fourth-order valence-corrected chi connectivity index (χ4v) is 7.78. The van der Waals surface area contributed by atoms with Crippen LogP contribution in [0.5, 0.6) is 0 Å². The smallest absolute Gasteiger partial charge is 0.247 e. The quantitative estimate of drug-likeness (QED) is 0.298. The van der Waals surface area contributed by atoms with Crippen molar-refractivity contribution in [3.8, 4) is 0 Å². The molecule has 2 bridgehead atoms. The fourth-order valence-electron chi connectivity index (χ4n) is 6.45. The lowest BCUT2D eigenvalue weighted by atomic mass is 9.54. The van der Waals surface area contributed by atoms with Gasteiger partial charge in [-0.3, -0.25) is 19.3 Å².